The maximum Gasteiger partial charge on any atom is 0.256 e. The molecule has 0 aliphatic carbocycles. The number of benzene rings is 1. The first kappa shape index (κ1) is 11.8. The molecule has 98 valence electrons. The van der Waals surface area contributed by atoms with Crippen LogP contribution < -0.4 is 10.6 Å². The number of rotatable bonds is 2. The number of amides is 1. The Morgan fingerprint density at radius 2 is 2.21 bits per heavy atom. The van der Waals surface area contributed by atoms with Crippen LogP contribution in [-0.4, -0.2) is 22.6 Å². The lowest BCUT2D eigenvalue weighted by atomic mass is 10.1. The molecule has 3 N–H and O–H groups in total. The number of aromatic amines is 1. The van der Waals surface area contributed by atoms with Crippen molar-refractivity contribution < 1.29 is 4.79 Å². The largest absolute Gasteiger partial charge is 0.384 e. The summed E-state index contributed by atoms with van der Waals surface area (Å²) in [5.74, 6) is 0.460. The van der Waals surface area contributed by atoms with E-state index < -0.39 is 0 Å². The summed E-state index contributed by atoms with van der Waals surface area (Å²) in [4.78, 5) is 12.2. The Kier molecular flexibility index (Phi) is 2.74. The molecule has 0 saturated carbocycles. The number of aromatic nitrogens is 2. The van der Waals surface area contributed by atoms with Crippen molar-refractivity contribution in [2.75, 3.05) is 17.2 Å². The van der Waals surface area contributed by atoms with Crippen LogP contribution in [0.4, 0.5) is 11.5 Å². The molecular formula is C14H16N4O. The van der Waals surface area contributed by atoms with Crippen LogP contribution in [0.15, 0.2) is 18.2 Å². The van der Waals surface area contributed by atoms with Crippen LogP contribution in [-0.2, 0) is 6.42 Å². The monoisotopic (exact) mass is 256 g/mol. The summed E-state index contributed by atoms with van der Waals surface area (Å²) in [6.07, 6.45) is 1.02. The number of H-pyrrole nitrogens is 1. The molecule has 0 unspecified atom stereocenters. The zero-order valence-electron chi connectivity index (χ0n) is 11.0. The van der Waals surface area contributed by atoms with Gasteiger partial charge in [0.15, 0.2) is 5.82 Å². The predicted molar refractivity (Wildman–Crippen MR) is 74.7 cm³/mol. The average molecular weight is 256 g/mol. The zero-order valence-corrected chi connectivity index (χ0v) is 11.0. The molecule has 1 aromatic carbocycles. The zero-order chi connectivity index (χ0) is 13.4. The van der Waals surface area contributed by atoms with E-state index in [-0.39, 0.29) is 5.91 Å². The van der Waals surface area contributed by atoms with Gasteiger partial charge in [-0.25, -0.2) is 0 Å². The summed E-state index contributed by atoms with van der Waals surface area (Å²) < 4.78 is 0. The minimum atomic E-state index is -0.133. The van der Waals surface area contributed by atoms with Gasteiger partial charge in [0.25, 0.3) is 5.91 Å². The molecule has 5 heteroatoms. The van der Waals surface area contributed by atoms with Crippen LogP contribution >= 0.6 is 0 Å². The van der Waals surface area contributed by atoms with Gasteiger partial charge in [-0.2, -0.15) is 5.10 Å². The fraction of sp³-hybridized carbons (Fsp3) is 0.286. The first-order valence-corrected chi connectivity index (χ1v) is 6.35. The molecule has 0 fully saturated rings. The second-order valence-electron chi connectivity index (χ2n) is 4.83. The van der Waals surface area contributed by atoms with Crippen LogP contribution in [0.25, 0.3) is 0 Å². The van der Waals surface area contributed by atoms with Gasteiger partial charge in [0.05, 0.1) is 0 Å². The Labute approximate surface area is 111 Å². The maximum atomic E-state index is 12.2. The van der Waals surface area contributed by atoms with E-state index in [1.165, 1.54) is 5.56 Å². The molecule has 0 atom stereocenters. The number of hydrogen-bond donors (Lipinski definition) is 3. The van der Waals surface area contributed by atoms with Gasteiger partial charge in [0.1, 0.15) is 0 Å². The van der Waals surface area contributed by atoms with E-state index in [4.69, 9.17) is 0 Å². The lowest BCUT2D eigenvalue weighted by Crippen LogP contribution is -2.13. The van der Waals surface area contributed by atoms with Crippen molar-refractivity contribution in [3.8, 4) is 0 Å². The van der Waals surface area contributed by atoms with E-state index in [1.54, 1.807) is 0 Å². The summed E-state index contributed by atoms with van der Waals surface area (Å²) in [6.45, 7) is 4.80. The van der Waals surface area contributed by atoms with Gasteiger partial charge >= 0.3 is 0 Å². The molecule has 19 heavy (non-hydrogen) atoms. The number of hydrogen-bond acceptors (Lipinski definition) is 3. The minimum Gasteiger partial charge on any atom is -0.384 e. The summed E-state index contributed by atoms with van der Waals surface area (Å²) in [6, 6.07) is 5.76. The Morgan fingerprint density at radius 1 is 1.37 bits per heavy atom. The van der Waals surface area contributed by atoms with Gasteiger partial charge < -0.3 is 10.6 Å². The highest BCUT2D eigenvalue weighted by molar-refractivity contribution is 6.04. The molecule has 1 aromatic heterocycles. The SMILES string of the molecule is Cc1[nH]nc(NC(=O)c2ccc3c(c2)NCC3)c1C. The molecule has 5 nitrogen and oxygen atoms in total. The van der Waals surface area contributed by atoms with E-state index in [2.05, 4.69) is 20.8 Å². The molecule has 0 spiro atoms. The summed E-state index contributed by atoms with van der Waals surface area (Å²) in [7, 11) is 0. The highest BCUT2D eigenvalue weighted by atomic mass is 16.1. The van der Waals surface area contributed by atoms with Crippen LogP contribution in [0.2, 0.25) is 0 Å². The van der Waals surface area contributed by atoms with Gasteiger partial charge in [-0.1, -0.05) is 6.07 Å². The van der Waals surface area contributed by atoms with Crippen molar-refractivity contribution in [3.05, 3.63) is 40.6 Å². The van der Waals surface area contributed by atoms with Crippen molar-refractivity contribution >= 4 is 17.4 Å². The van der Waals surface area contributed by atoms with Gasteiger partial charge in [-0.3, -0.25) is 9.89 Å². The molecule has 3 rings (SSSR count). The highest BCUT2D eigenvalue weighted by Crippen LogP contribution is 2.24. The van der Waals surface area contributed by atoms with Crippen LogP contribution in [0.3, 0.4) is 0 Å². The van der Waals surface area contributed by atoms with Crippen molar-refractivity contribution in [2.45, 2.75) is 20.3 Å². The second kappa shape index (κ2) is 4.42. The minimum absolute atomic E-state index is 0.133. The quantitative estimate of drug-likeness (QED) is 0.771. The Hall–Kier alpha value is -2.30. The Balaban J connectivity index is 1.83. The van der Waals surface area contributed by atoms with Gasteiger partial charge in [0.2, 0.25) is 0 Å². The van der Waals surface area contributed by atoms with Crippen LogP contribution in [0.1, 0.15) is 27.2 Å². The lowest BCUT2D eigenvalue weighted by Gasteiger charge is -2.06. The van der Waals surface area contributed by atoms with E-state index in [9.17, 15) is 4.79 Å². The van der Waals surface area contributed by atoms with Gasteiger partial charge in [0, 0.05) is 29.1 Å². The first-order valence-electron chi connectivity index (χ1n) is 6.35. The molecule has 1 aliphatic rings. The third kappa shape index (κ3) is 2.07. The number of anilines is 2. The molecule has 2 aromatic rings. The lowest BCUT2D eigenvalue weighted by molar-refractivity contribution is 0.102. The third-order valence-corrected chi connectivity index (χ3v) is 3.57. The Bertz CT molecular complexity index is 645. The topological polar surface area (TPSA) is 69.8 Å². The van der Waals surface area contributed by atoms with E-state index in [0.29, 0.717) is 11.4 Å². The molecule has 0 radical (unpaired) electrons. The van der Waals surface area contributed by atoms with E-state index in [1.807, 2.05) is 32.0 Å². The summed E-state index contributed by atoms with van der Waals surface area (Å²) in [5, 5.41) is 13.0. The number of aryl methyl sites for hydroxylation is 1. The summed E-state index contributed by atoms with van der Waals surface area (Å²) >= 11 is 0. The van der Waals surface area contributed by atoms with E-state index in [0.717, 1.165) is 29.9 Å². The number of carbonyl (C=O) groups excluding carboxylic acids is 1. The van der Waals surface area contributed by atoms with Crippen molar-refractivity contribution in [3.63, 3.8) is 0 Å². The standard InChI is InChI=1S/C14H16N4O/c1-8-9(2)17-18-13(8)16-14(19)11-4-3-10-5-6-15-12(10)7-11/h3-4,7,15H,5-6H2,1-2H3,(H2,16,17,18,19). The summed E-state index contributed by atoms with van der Waals surface area (Å²) in [5.41, 5.74) is 4.90. The normalized spacial score (nSPS) is 12.9. The molecule has 1 amide bonds. The predicted octanol–water partition coefficient (Wildman–Crippen LogP) is 2.25. The highest BCUT2D eigenvalue weighted by Gasteiger charge is 2.15. The first-order chi connectivity index (χ1) is 9.15. The molecule has 0 saturated heterocycles. The smallest absolute Gasteiger partial charge is 0.256 e. The molecule has 0 bridgehead atoms. The molecule has 1 aliphatic heterocycles. The van der Waals surface area contributed by atoms with Crippen LogP contribution in [0.5, 0.6) is 0 Å². The van der Waals surface area contributed by atoms with Crippen molar-refractivity contribution in [2.24, 2.45) is 0 Å². The van der Waals surface area contributed by atoms with E-state index >= 15 is 0 Å². The van der Waals surface area contributed by atoms with Crippen molar-refractivity contribution in [1.82, 2.24) is 10.2 Å². The number of nitrogens with one attached hydrogen (secondary N) is 3. The number of nitrogens with zero attached hydrogens (tertiary/aromatic N) is 1. The fourth-order valence-corrected chi connectivity index (χ4v) is 2.22. The fourth-order valence-electron chi connectivity index (χ4n) is 2.22. The maximum absolute atomic E-state index is 12.2. The third-order valence-electron chi connectivity index (χ3n) is 3.57. The Morgan fingerprint density at radius 3 is 2.95 bits per heavy atom. The molecular weight excluding hydrogens is 240 g/mol. The second-order valence-corrected chi connectivity index (χ2v) is 4.83. The molecule has 2 heterocycles. The van der Waals surface area contributed by atoms with Crippen LogP contribution in [0, 0.1) is 13.8 Å². The average Bonchev–Trinajstić information content (AvgIpc) is 2.99. The van der Waals surface area contributed by atoms with Gasteiger partial charge in [-0.15, -0.1) is 0 Å². The number of fused-ring (bicyclic) bond motifs is 1. The van der Waals surface area contributed by atoms with Crippen molar-refractivity contribution in [1.29, 1.82) is 0 Å². The van der Waals surface area contributed by atoms with Gasteiger partial charge in [-0.05, 0) is 38.0 Å². The number of carbonyl (C=O) groups is 1.